The Morgan fingerprint density at radius 3 is 2.38 bits per heavy atom. The maximum absolute atomic E-state index is 12.9. The van der Waals surface area contributed by atoms with Crippen molar-refractivity contribution < 1.29 is 9.53 Å². The second-order valence-corrected chi connectivity index (χ2v) is 8.34. The number of methoxy groups -OCH3 is 1. The molecule has 5 rings (SSSR count). The number of anilines is 1. The normalized spacial score (nSPS) is 11.3. The molecule has 1 amide bonds. The molecule has 0 spiro atoms. The number of nitrogens with zero attached hydrogens (tertiary/aromatic N) is 5. The van der Waals surface area contributed by atoms with Crippen LogP contribution < -0.4 is 15.7 Å². The first-order valence-corrected chi connectivity index (χ1v) is 10.8. The molecule has 1 N–H and O–H groups in total. The monoisotopic (exact) mass is 456 g/mol. The lowest BCUT2D eigenvalue weighted by molar-refractivity contribution is -0.117. The molecule has 172 valence electrons. The number of ether oxygens (including phenoxy) is 1. The van der Waals surface area contributed by atoms with Crippen LogP contribution >= 0.6 is 0 Å². The molecular formula is C25H24N6O3. The lowest BCUT2D eigenvalue weighted by Gasteiger charge is -2.12. The smallest absolute Gasteiger partial charge is 0.350 e. The molecule has 34 heavy (non-hydrogen) atoms. The molecule has 9 nitrogen and oxygen atoms in total. The van der Waals surface area contributed by atoms with Gasteiger partial charge in [0.05, 0.1) is 12.8 Å². The summed E-state index contributed by atoms with van der Waals surface area (Å²) in [4.78, 5) is 25.7. The molecule has 0 fully saturated rings. The molecule has 0 saturated heterocycles. The highest BCUT2D eigenvalue weighted by atomic mass is 16.5. The number of carbonyl (C=O) groups excluding carboxylic acids is 1. The van der Waals surface area contributed by atoms with Crippen molar-refractivity contribution in [3.05, 3.63) is 82.0 Å². The molecule has 0 bridgehead atoms. The van der Waals surface area contributed by atoms with Crippen LogP contribution in [0.5, 0.6) is 5.75 Å². The van der Waals surface area contributed by atoms with E-state index in [1.807, 2.05) is 63.2 Å². The topological polar surface area (TPSA) is 94.9 Å². The van der Waals surface area contributed by atoms with Gasteiger partial charge in [-0.2, -0.15) is 5.10 Å². The first kappa shape index (κ1) is 21.4. The Hall–Kier alpha value is -4.40. The van der Waals surface area contributed by atoms with Crippen molar-refractivity contribution in [3.8, 4) is 17.0 Å². The molecule has 9 heteroatoms. The van der Waals surface area contributed by atoms with Gasteiger partial charge in [-0.25, -0.2) is 18.4 Å². The van der Waals surface area contributed by atoms with E-state index < -0.39 is 5.69 Å². The van der Waals surface area contributed by atoms with E-state index in [4.69, 9.17) is 4.74 Å². The number of hydrogen-bond acceptors (Lipinski definition) is 5. The van der Waals surface area contributed by atoms with Gasteiger partial charge in [-0.3, -0.25) is 4.79 Å². The highest BCUT2D eigenvalue weighted by molar-refractivity contribution is 5.92. The van der Waals surface area contributed by atoms with Crippen molar-refractivity contribution >= 4 is 22.8 Å². The van der Waals surface area contributed by atoms with Crippen LogP contribution in [0.2, 0.25) is 0 Å². The number of fused-ring (bicyclic) bond motifs is 3. The van der Waals surface area contributed by atoms with Gasteiger partial charge in [-0.05, 0) is 62.2 Å². The van der Waals surface area contributed by atoms with Crippen LogP contribution in [0.4, 0.5) is 5.69 Å². The highest BCUT2D eigenvalue weighted by Crippen LogP contribution is 2.24. The van der Waals surface area contributed by atoms with E-state index in [-0.39, 0.29) is 12.5 Å². The van der Waals surface area contributed by atoms with Gasteiger partial charge in [0.25, 0.3) is 0 Å². The van der Waals surface area contributed by atoms with E-state index in [0.29, 0.717) is 11.2 Å². The van der Waals surface area contributed by atoms with Gasteiger partial charge in [0.15, 0.2) is 5.65 Å². The maximum Gasteiger partial charge on any atom is 0.350 e. The molecular weight excluding hydrogens is 432 g/mol. The Balaban J connectivity index is 1.47. The molecule has 3 heterocycles. The van der Waals surface area contributed by atoms with Gasteiger partial charge in [-0.15, -0.1) is 5.10 Å². The molecule has 0 aliphatic rings. The van der Waals surface area contributed by atoms with Gasteiger partial charge in [0.2, 0.25) is 5.91 Å². The van der Waals surface area contributed by atoms with E-state index in [9.17, 15) is 9.59 Å². The van der Waals surface area contributed by atoms with Gasteiger partial charge in [0, 0.05) is 23.6 Å². The predicted molar refractivity (Wildman–Crippen MR) is 129 cm³/mol. The fourth-order valence-electron chi connectivity index (χ4n) is 4.23. The summed E-state index contributed by atoms with van der Waals surface area (Å²) in [6.07, 6.45) is 3.30. The number of amides is 1. The summed E-state index contributed by atoms with van der Waals surface area (Å²) in [5, 5.41) is 12.0. The Morgan fingerprint density at radius 1 is 1.00 bits per heavy atom. The fourth-order valence-corrected chi connectivity index (χ4v) is 4.23. The van der Waals surface area contributed by atoms with Crippen LogP contribution in [-0.2, 0) is 11.3 Å². The Morgan fingerprint density at radius 2 is 1.71 bits per heavy atom. The number of nitrogens with one attached hydrogen (secondary N) is 1. The third kappa shape index (κ3) is 3.71. The summed E-state index contributed by atoms with van der Waals surface area (Å²) < 4.78 is 9.48. The summed E-state index contributed by atoms with van der Waals surface area (Å²) in [5.74, 6) is 0.443. The second kappa shape index (κ2) is 8.18. The number of rotatable bonds is 5. The zero-order valence-electron chi connectivity index (χ0n) is 19.4. The number of benzene rings is 2. The minimum absolute atomic E-state index is 0.196. The van der Waals surface area contributed by atoms with Crippen LogP contribution in [0, 0.1) is 20.8 Å². The molecule has 0 radical (unpaired) electrons. The van der Waals surface area contributed by atoms with Crippen LogP contribution in [0.1, 0.15) is 16.7 Å². The molecule has 5 aromatic rings. The first-order chi connectivity index (χ1) is 16.3. The van der Waals surface area contributed by atoms with Crippen LogP contribution in [0.15, 0.2) is 59.7 Å². The third-order valence-corrected chi connectivity index (χ3v) is 5.81. The SMILES string of the molecule is COc1ccc(-c2cc3c4nn(CC(=O)Nc5c(C)cc(C)cc5C)c(=O)n4ccn3n2)cc1. The van der Waals surface area contributed by atoms with E-state index >= 15 is 0 Å². The maximum atomic E-state index is 12.9. The van der Waals surface area contributed by atoms with E-state index in [2.05, 4.69) is 15.5 Å². The number of carbonyl (C=O) groups is 1. The Kier molecular flexibility index (Phi) is 5.16. The van der Waals surface area contributed by atoms with E-state index in [1.54, 1.807) is 24.0 Å². The standard InChI is InChI=1S/C25H24N6O3/c1-15-11-16(2)23(17(3)12-15)26-22(32)14-31-25(33)29-9-10-30-21(24(29)28-31)13-20(27-30)18-5-7-19(34-4)8-6-18/h5-13H,14H2,1-4H3,(H,26,32). The minimum Gasteiger partial charge on any atom is -0.497 e. The van der Waals surface area contributed by atoms with Gasteiger partial charge in [-0.1, -0.05) is 17.7 Å². The quantitative estimate of drug-likeness (QED) is 0.438. The summed E-state index contributed by atoms with van der Waals surface area (Å²) >= 11 is 0. The van der Waals surface area contributed by atoms with Crippen molar-refractivity contribution in [3.63, 3.8) is 0 Å². The number of aromatic nitrogens is 5. The Labute approximate surface area is 195 Å². The zero-order chi connectivity index (χ0) is 24.0. The molecule has 2 aromatic carbocycles. The van der Waals surface area contributed by atoms with Crippen LogP contribution in [0.3, 0.4) is 0 Å². The molecule has 0 aliphatic carbocycles. The van der Waals surface area contributed by atoms with Crippen molar-refractivity contribution in [2.45, 2.75) is 27.3 Å². The number of aryl methyl sites for hydroxylation is 3. The minimum atomic E-state index is -0.391. The van der Waals surface area contributed by atoms with Gasteiger partial charge >= 0.3 is 5.69 Å². The summed E-state index contributed by atoms with van der Waals surface area (Å²) in [5.41, 5.74) is 6.18. The average Bonchev–Trinajstić information content (AvgIpc) is 3.38. The lowest BCUT2D eigenvalue weighted by Crippen LogP contribution is -2.28. The molecule has 3 aromatic heterocycles. The Bertz CT molecular complexity index is 1590. The first-order valence-electron chi connectivity index (χ1n) is 10.8. The predicted octanol–water partition coefficient (Wildman–Crippen LogP) is 3.38. The molecule has 0 atom stereocenters. The lowest BCUT2D eigenvalue weighted by atomic mass is 10.1. The highest BCUT2D eigenvalue weighted by Gasteiger charge is 2.16. The zero-order valence-corrected chi connectivity index (χ0v) is 19.4. The average molecular weight is 457 g/mol. The van der Waals surface area contributed by atoms with Crippen LogP contribution in [-0.4, -0.2) is 36.8 Å². The van der Waals surface area contributed by atoms with Gasteiger partial charge in [0.1, 0.15) is 17.8 Å². The largest absolute Gasteiger partial charge is 0.497 e. The molecule has 0 unspecified atom stereocenters. The van der Waals surface area contributed by atoms with Crippen molar-refractivity contribution in [1.82, 2.24) is 23.8 Å². The molecule has 0 aliphatic heterocycles. The van der Waals surface area contributed by atoms with Gasteiger partial charge < -0.3 is 10.1 Å². The summed E-state index contributed by atoms with van der Waals surface area (Å²) in [6, 6.07) is 13.5. The summed E-state index contributed by atoms with van der Waals surface area (Å²) in [6.45, 7) is 5.71. The van der Waals surface area contributed by atoms with E-state index in [0.717, 1.165) is 39.4 Å². The van der Waals surface area contributed by atoms with Crippen molar-refractivity contribution in [2.75, 3.05) is 12.4 Å². The van der Waals surface area contributed by atoms with Crippen LogP contribution in [0.25, 0.3) is 22.4 Å². The van der Waals surface area contributed by atoms with E-state index in [1.165, 1.54) is 9.08 Å². The number of hydrogen-bond donors (Lipinski definition) is 1. The van der Waals surface area contributed by atoms with Crippen molar-refractivity contribution in [1.29, 1.82) is 0 Å². The molecule has 0 saturated carbocycles. The third-order valence-electron chi connectivity index (χ3n) is 5.81. The summed E-state index contributed by atoms with van der Waals surface area (Å²) in [7, 11) is 1.62. The fraction of sp³-hybridized carbons (Fsp3) is 0.200. The second-order valence-electron chi connectivity index (χ2n) is 8.34. The van der Waals surface area contributed by atoms with Crippen molar-refractivity contribution in [2.24, 2.45) is 0 Å².